The Bertz CT molecular complexity index is 406. The molecule has 0 amide bonds. The predicted octanol–water partition coefficient (Wildman–Crippen LogP) is 3.27. The van der Waals surface area contributed by atoms with Crippen molar-refractivity contribution in [3.8, 4) is 12.1 Å². The molecule has 0 aromatic rings. The Hall–Kier alpha value is -2.08. The predicted molar refractivity (Wildman–Crippen MR) is 83.9 cm³/mol. The quantitative estimate of drug-likeness (QED) is 0.404. The molecule has 128 valence electrons. The lowest BCUT2D eigenvalue weighted by Gasteiger charge is -2.17. The number of hydrogen-bond donors (Lipinski definition) is 0. The lowest BCUT2D eigenvalue weighted by atomic mass is 9.82. The average molecular weight is 322 g/mol. The van der Waals surface area contributed by atoms with Crippen LogP contribution in [0.2, 0.25) is 0 Å². The fourth-order valence-corrected chi connectivity index (χ4v) is 1.81. The van der Waals surface area contributed by atoms with Gasteiger partial charge >= 0.3 is 11.9 Å². The van der Waals surface area contributed by atoms with Crippen LogP contribution in [0.3, 0.4) is 0 Å². The molecule has 0 fully saturated rings. The maximum Gasteiger partial charge on any atom is 0.305 e. The molecule has 0 saturated heterocycles. The first-order chi connectivity index (χ1) is 11.0. The van der Waals surface area contributed by atoms with Gasteiger partial charge in [0.05, 0.1) is 25.4 Å². The van der Waals surface area contributed by atoms with Crippen LogP contribution in [0.15, 0.2) is 0 Å². The van der Waals surface area contributed by atoms with E-state index in [0.29, 0.717) is 13.2 Å². The topological polar surface area (TPSA) is 100 Å². The average Bonchev–Trinajstić information content (AvgIpc) is 2.56. The van der Waals surface area contributed by atoms with Crippen LogP contribution in [-0.4, -0.2) is 25.2 Å². The van der Waals surface area contributed by atoms with Crippen LogP contribution in [-0.2, 0) is 19.1 Å². The van der Waals surface area contributed by atoms with Gasteiger partial charge in [0.1, 0.15) is 5.41 Å². The molecule has 0 spiro atoms. The molecular weight excluding hydrogens is 296 g/mol. The molecule has 0 aromatic carbocycles. The van der Waals surface area contributed by atoms with E-state index in [0.717, 1.165) is 25.7 Å². The first-order valence-corrected chi connectivity index (χ1v) is 8.17. The second-order valence-electron chi connectivity index (χ2n) is 5.45. The molecule has 0 aliphatic rings. The SMILES string of the molecule is CCCCOC(=O)CCC(C#N)(C#N)CCC(=O)OCCCC. The number of nitriles is 2. The van der Waals surface area contributed by atoms with Gasteiger partial charge in [-0.3, -0.25) is 9.59 Å². The van der Waals surface area contributed by atoms with Gasteiger partial charge in [-0.2, -0.15) is 10.5 Å². The Morgan fingerprint density at radius 2 is 1.26 bits per heavy atom. The maximum atomic E-state index is 11.6. The van der Waals surface area contributed by atoms with Crippen LogP contribution >= 0.6 is 0 Å². The fourth-order valence-electron chi connectivity index (χ4n) is 1.81. The van der Waals surface area contributed by atoms with Crippen LogP contribution in [0.1, 0.15) is 65.2 Å². The first-order valence-electron chi connectivity index (χ1n) is 8.17. The van der Waals surface area contributed by atoms with E-state index in [1.54, 1.807) is 0 Å². The van der Waals surface area contributed by atoms with Crippen LogP contribution < -0.4 is 0 Å². The minimum absolute atomic E-state index is 0.00425. The van der Waals surface area contributed by atoms with Gasteiger partial charge in [-0.15, -0.1) is 0 Å². The third kappa shape index (κ3) is 9.52. The Balaban J connectivity index is 4.30. The minimum Gasteiger partial charge on any atom is -0.466 e. The van der Waals surface area contributed by atoms with Crippen molar-refractivity contribution in [2.24, 2.45) is 5.41 Å². The molecule has 0 bridgehead atoms. The first kappa shape index (κ1) is 20.9. The van der Waals surface area contributed by atoms with Crippen molar-refractivity contribution in [2.45, 2.75) is 65.2 Å². The summed E-state index contributed by atoms with van der Waals surface area (Å²) in [6.45, 7) is 4.68. The Morgan fingerprint density at radius 1 is 0.870 bits per heavy atom. The fraction of sp³-hybridized carbons (Fsp3) is 0.765. The van der Waals surface area contributed by atoms with Gasteiger partial charge in [-0.25, -0.2) is 0 Å². The van der Waals surface area contributed by atoms with Crippen LogP contribution in [0.5, 0.6) is 0 Å². The minimum atomic E-state index is -1.35. The lowest BCUT2D eigenvalue weighted by Crippen LogP contribution is -2.21. The molecule has 0 saturated carbocycles. The number of hydrogen-bond acceptors (Lipinski definition) is 6. The van der Waals surface area contributed by atoms with Crippen molar-refractivity contribution in [3.05, 3.63) is 0 Å². The second kappa shape index (κ2) is 12.5. The summed E-state index contributed by atoms with van der Waals surface area (Å²) in [5.41, 5.74) is -1.35. The maximum absolute atomic E-state index is 11.6. The number of esters is 2. The monoisotopic (exact) mass is 322 g/mol. The molecule has 0 rings (SSSR count). The number of carbonyl (C=O) groups is 2. The van der Waals surface area contributed by atoms with E-state index >= 15 is 0 Å². The number of ether oxygens (including phenoxy) is 2. The zero-order valence-electron chi connectivity index (χ0n) is 14.1. The van der Waals surface area contributed by atoms with Crippen LogP contribution in [0, 0.1) is 28.1 Å². The highest BCUT2D eigenvalue weighted by Crippen LogP contribution is 2.28. The van der Waals surface area contributed by atoms with Gasteiger partial charge in [-0.1, -0.05) is 26.7 Å². The van der Waals surface area contributed by atoms with Crippen LogP contribution in [0.4, 0.5) is 0 Å². The summed E-state index contributed by atoms with van der Waals surface area (Å²) in [7, 11) is 0. The molecule has 0 unspecified atom stereocenters. The van der Waals surface area contributed by atoms with Crippen molar-refractivity contribution in [3.63, 3.8) is 0 Å². The van der Waals surface area contributed by atoms with Gasteiger partial charge in [0.15, 0.2) is 0 Å². The van der Waals surface area contributed by atoms with Gasteiger partial charge < -0.3 is 9.47 Å². The summed E-state index contributed by atoms with van der Waals surface area (Å²) in [4.78, 5) is 23.2. The van der Waals surface area contributed by atoms with Gasteiger partial charge in [0, 0.05) is 12.8 Å². The summed E-state index contributed by atoms with van der Waals surface area (Å²) in [5, 5.41) is 18.5. The van der Waals surface area contributed by atoms with E-state index in [1.807, 2.05) is 26.0 Å². The van der Waals surface area contributed by atoms with Crippen LogP contribution in [0.25, 0.3) is 0 Å². The molecule has 0 aromatic heterocycles. The van der Waals surface area contributed by atoms with Gasteiger partial charge in [0.25, 0.3) is 0 Å². The van der Waals surface area contributed by atoms with E-state index in [1.165, 1.54) is 0 Å². The molecule has 0 aliphatic carbocycles. The van der Waals surface area contributed by atoms with E-state index in [2.05, 4.69) is 0 Å². The van der Waals surface area contributed by atoms with E-state index in [-0.39, 0.29) is 25.7 Å². The largest absolute Gasteiger partial charge is 0.466 e. The lowest BCUT2D eigenvalue weighted by molar-refractivity contribution is -0.144. The molecule has 0 aliphatic heterocycles. The van der Waals surface area contributed by atoms with Crippen molar-refractivity contribution in [2.75, 3.05) is 13.2 Å². The van der Waals surface area contributed by atoms with E-state index < -0.39 is 17.4 Å². The second-order valence-corrected chi connectivity index (χ2v) is 5.45. The van der Waals surface area contributed by atoms with E-state index in [9.17, 15) is 20.1 Å². The molecule has 0 atom stereocenters. The standard InChI is InChI=1S/C17H26N2O4/c1-3-5-11-22-15(20)7-9-17(13-18,14-19)10-8-16(21)23-12-6-4-2/h3-12H2,1-2H3. The third-order valence-electron chi connectivity index (χ3n) is 3.46. The van der Waals surface area contributed by atoms with Crippen molar-refractivity contribution in [1.82, 2.24) is 0 Å². The van der Waals surface area contributed by atoms with Gasteiger partial charge in [-0.05, 0) is 25.7 Å². The molecule has 0 heterocycles. The van der Waals surface area contributed by atoms with Crippen molar-refractivity contribution < 1.29 is 19.1 Å². The Kier molecular flexibility index (Phi) is 11.3. The van der Waals surface area contributed by atoms with Crippen molar-refractivity contribution in [1.29, 1.82) is 10.5 Å². The summed E-state index contributed by atoms with van der Waals surface area (Å²) in [6, 6.07) is 3.87. The summed E-state index contributed by atoms with van der Waals surface area (Å²) in [5.74, 6) is -0.835. The van der Waals surface area contributed by atoms with Crippen molar-refractivity contribution >= 4 is 11.9 Å². The summed E-state index contributed by atoms with van der Waals surface area (Å²) >= 11 is 0. The smallest absolute Gasteiger partial charge is 0.305 e. The molecule has 6 heteroatoms. The highest BCUT2D eigenvalue weighted by atomic mass is 16.5. The van der Waals surface area contributed by atoms with Gasteiger partial charge in [0.2, 0.25) is 0 Å². The number of unbranched alkanes of at least 4 members (excludes halogenated alkanes) is 2. The van der Waals surface area contributed by atoms with E-state index in [4.69, 9.17) is 9.47 Å². The molecular formula is C17H26N2O4. The highest BCUT2D eigenvalue weighted by molar-refractivity contribution is 5.70. The zero-order chi connectivity index (χ0) is 17.6. The molecule has 23 heavy (non-hydrogen) atoms. The summed E-state index contributed by atoms with van der Waals surface area (Å²) in [6.07, 6.45) is 3.54. The number of carbonyl (C=O) groups excluding carboxylic acids is 2. The molecule has 0 N–H and O–H groups in total. The number of nitrogens with zero attached hydrogens (tertiary/aromatic N) is 2. The summed E-state index contributed by atoms with van der Waals surface area (Å²) < 4.78 is 10.0. The molecule has 0 radical (unpaired) electrons. The third-order valence-corrected chi connectivity index (χ3v) is 3.46. The zero-order valence-corrected chi connectivity index (χ0v) is 14.1. The number of rotatable bonds is 12. The normalized spacial score (nSPS) is 10.4. The molecule has 6 nitrogen and oxygen atoms in total. The highest BCUT2D eigenvalue weighted by Gasteiger charge is 2.32. The Labute approximate surface area is 138 Å². The Morgan fingerprint density at radius 3 is 1.57 bits per heavy atom.